The molecule has 26 heavy (non-hydrogen) atoms. The Labute approximate surface area is 155 Å². The average molecular weight is 348 g/mol. The zero-order chi connectivity index (χ0) is 17.8. The molecule has 4 rings (SSSR count). The summed E-state index contributed by atoms with van der Waals surface area (Å²) in [6, 6.07) is 26.5. The molecule has 0 radical (unpaired) electrons. The van der Waals surface area contributed by atoms with Crippen LogP contribution in [0.3, 0.4) is 0 Å². The van der Waals surface area contributed by atoms with E-state index in [9.17, 15) is 0 Å². The third kappa shape index (κ3) is 3.90. The minimum absolute atomic E-state index is 0.421. The van der Waals surface area contributed by atoms with Gasteiger partial charge in [0.2, 0.25) is 0 Å². The van der Waals surface area contributed by atoms with E-state index in [4.69, 9.17) is 4.42 Å². The first-order valence-electron chi connectivity index (χ1n) is 9.63. The van der Waals surface area contributed by atoms with Crippen LogP contribution in [-0.4, -0.2) is 26.2 Å². The van der Waals surface area contributed by atoms with Gasteiger partial charge in [0.15, 0.2) is 5.76 Å². The molecule has 0 saturated carbocycles. The van der Waals surface area contributed by atoms with Gasteiger partial charge in [-0.1, -0.05) is 60.7 Å². The Morgan fingerprint density at radius 3 is 1.85 bits per heavy atom. The number of hydrogen-bond acceptors (Lipinski definition) is 1. The van der Waals surface area contributed by atoms with Crippen molar-refractivity contribution in [2.75, 3.05) is 26.2 Å². The summed E-state index contributed by atoms with van der Waals surface area (Å²) in [5, 5.41) is 0. The van der Waals surface area contributed by atoms with Crippen molar-refractivity contribution in [3.8, 4) is 0 Å². The molecule has 2 aromatic carbocycles. The fourth-order valence-electron chi connectivity index (χ4n) is 4.17. The lowest BCUT2D eigenvalue weighted by molar-refractivity contribution is -1.03. The van der Waals surface area contributed by atoms with Crippen LogP contribution >= 0.6 is 0 Å². The second-order valence-electron chi connectivity index (χ2n) is 7.35. The van der Waals surface area contributed by atoms with Crippen LogP contribution in [0.2, 0.25) is 0 Å². The quantitative estimate of drug-likeness (QED) is 0.719. The summed E-state index contributed by atoms with van der Waals surface area (Å²) >= 11 is 0. The van der Waals surface area contributed by atoms with Crippen LogP contribution in [0.25, 0.3) is 0 Å². The fraction of sp³-hybridized carbons (Fsp3) is 0.304. The molecule has 3 heteroatoms. The second kappa shape index (κ2) is 7.90. The molecule has 1 aromatic heterocycles. The lowest BCUT2D eigenvalue weighted by Crippen LogP contribution is -3.27. The van der Waals surface area contributed by atoms with Gasteiger partial charge >= 0.3 is 0 Å². The highest BCUT2D eigenvalue weighted by atomic mass is 16.3. The molecule has 1 saturated heterocycles. The van der Waals surface area contributed by atoms with Crippen molar-refractivity contribution in [2.24, 2.45) is 0 Å². The topological polar surface area (TPSA) is 22.0 Å². The lowest BCUT2D eigenvalue weighted by atomic mass is 9.96. The van der Waals surface area contributed by atoms with Gasteiger partial charge in [-0.05, 0) is 19.1 Å². The number of hydrogen-bond donors (Lipinski definition) is 2. The monoisotopic (exact) mass is 348 g/mol. The highest BCUT2D eigenvalue weighted by Crippen LogP contribution is 2.18. The van der Waals surface area contributed by atoms with Gasteiger partial charge in [-0.2, -0.15) is 0 Å². The van der Waals surface area contributed by atoms with E-state index in [0.29, 0.717) is 6.04 Å². The van der Waals surface area contributed by atoms with Gasteiger partial charge in [0.1, 0.15) is 44.5 Å². The number of furan rings is 1. The Kier molecular flexibility index (Phi) is 5.19. The first kappa shape index (κ1) is 17.1. The van der Waals surface area contributed by atoms with Gasteiger partial charge in [0.25, 0.3) is 0 Å². The third-order valence-corrected chi connectivity index (χ3v) is 5.49. The highest BCUT2D eigenvalue weighted by molar-refractivity contribution is 5.29. The second-order valence-corrected chi connectivity index (χ2v) is 7.35. The van der Waals surface area contributed by atoms with E-state index in [1.165, 1.54) is 37.3 Å². The van der Waals surface area contributed by atoms with Crippen molar-refractivity contribution in [1.82, 2.24) is 0 Å². The molecule has 1 fully saturated rings. The zero-order valence-electron chi connectivity index (χ0n) is 15.4. The Bertz CT molecular complexity index is 765. The number of benzene rings is 2. The minimum atomic E-state index is 0.421. The average Bonchev–Trinajstić information content (AvgIpc) is 3.10. The van der Waals surface area contributed by atoms with Gasteiger partial charge < -0.3 is 14.2 Å². The van der Waals surface area contributed by atoms with Crippen LogP contribution in [-0.2, 0) is 6.54 Å². The fourth-order valence-corrected chi connectivity index (χ4v) is 4.17. The van der Waals surface area contributed by atoms with Crippen molar-refractivity contribution in [3.05, 3.63) is 95.4 Å². The molecule has 0 atom stereocenters. The van der Waals surface area contributed by atoms with Crippen molar-refractivity contribution in [1.29, 1.82) is 0 Å². The summed E-state index contributed by atoms with van der Waals surface area (Å²) in [4.78, 5) is 3.30. The van der Waals surface area contributed by atoms with E-state index in [1.807, 2.05) is 6.92 Å². The molecular weight excluding hydrogens is 320 g/mol. The van der Waals surface area contributed by atoms with Crippen LogP contribution in [0.15, 0.2) is 77.2 Å². The molecule has 0 amide bonds. The van der Waals surface area contributed by atoms with Crippen LogP contribution in [0.4, 0.5) is 0 Å². The molecule has 0 bridgehead atoms. The molecule has 3 aromatic rings. The standard InChI is InChI=1S/C23H26N2O/c1-19-12-13-22(26-19)18-24-14-16-25(17-15-24)23(20-8-4-2-5-9-20)21-10-6-3-7-11-21/h2-13,23H,14-18H2,1H3/p+2. The molecule has 2 N–H and O–H groups in total. The summed E-state index contributed by atoms with van der Waals surface area (Å²) in [6.07, 6.45) is 0. The van der Waals surface area contributed by atoms with Crippen LogP contribution < -0.4 is 9.80 Å². The molecule has 3 nitrogen and oxygen atoms in total. The van der Waals surface area contributed by atoms with Crippen molar-refractivity contribution >= 4 is 0 Å². The highest BCUT2D eigenvalue weighted by Gasteiger charge is 2.31. The van der Waals surface area contributed by atoms with E-state index in [2.05, 4.69) is 72.8 Å². The normalized spacial score (nSPS) is 20.4. The molecule has 0 aliphatic carbocycles. The zero-order valence-corrected chi connectivity index (χ0v) is 15.4. The smallest absolute Gasteiger partial charge is 0.158 e. The molecular formula is C23H28N2O+2. The van der Waals surface area contributed by atoms with E-state index < -0.39 is 0 Å². The van der Waals surface area contributed by atoms with Gasteiger partial charge in [-0.3, -0.25) is 0 Å². The third-order valence-electron chi connectivity index (χ3n) is 5.49. The summed E-state index contributed by atoms with van der Waals surface area (Å²) in [6.45, 7) is 7.76. The van der Waals surface area contributed by atoms with Gasteiger partial charge in [-0.15, -0.1) is 0 Å². The summed E-state index contributed by atoms with van der Waals surface area (Å²) in [5.74, 6) is 2.13. The Morgan fingerprint density at radius 2 is 1.35 bits per heavy atom. The van der Waals surface area contributed by atoms with E-state index in [-0.39, 0.29) is 0 Å². The maximum atomic E-state index is 5.77. The SMILES string of the molecule is Cc1ccc(C[NH+]2CC[NH+](C(c3ccccc3)c3ccccc3)CC2)o1. The van der Waals surface area contributed by atoms with Crippen molar-refractivity contribution < 1.29 is 14.2 Å². The molecule has 0 unspecified atom stereocenters. The van der Waals surface area contributed by atoms with Gasteiger partial charge in [0, 0.05) is 11.1 Å². The van der Waals surface area contributed by atoms with E-state index >= 15 is 0 Å². The van der Waals surface area contributed by atoms with Gasteiger partial charge in [-0.25, -0.2) is 0 Å². The lowest BCUT2D eigenvalue weighted by Gasteiger charge is -2.34. The molecule has 2 heterocycles. The van der Waals surface area contributed by atoms with Crippen molar-refractivity contribution in [3.63, 3.8) is 0 Å². The number of piperazine rings is 1. The Morgan fingerprint density at radius 1 is 0.769 bits per heavy atom. The number of quaternary nitrogens is 2. The van der Waals surface area contributed by atoms with Crippen LogP contribution in [0.5, 0.6) is 0 Å². The summed E-state index contributed by atoms with van der Waals surface area (Å²) in [5.41, 5.74) is 2.83. The Hall–Kier alpha value is -2.36. The molecule has 0 spiro atoms. The first-order chi connectivity index (χ1) is 12.8. The number of aryl methyl sites for hydroxylation is 1. The molecule has 1 aliphatic rings. The Balaban J connectivity index is 1.48. The van der Waals surface area contributed by atoms with Crippen LogP contribution in [0, 0.1) is 6.92 Å². The van der Waals surface area contributed by atoms with Crippen LogP contribution in [0.1, 0.15) is 28.7 Å². The maximum absolute atomic E-state index is 5.77. The summed E-state index contributed by atoms with van der Waals surface area (Å²) in [7, 11) is 0. The molecule has 1 aliphatic heterocycles. The number of rotatable bonds is 5. The van der Waals surface area contributed by atoms with E-state index in [0.717, 1.165) is 18.1 Å². The predicted octanol–water partition coefficient (Wildman–Crippen LogP) is 1.66. The molecule has 134 valence electrons. The predicted molar refractivity (Wildman–Crippen MR) is 103 cm³/mol. The summed E-state index contributed by atoms with van der Waals surface area (Å²) < 4.78 is 5.77. The number of nitrogens with one attached hydrogen (secondary N) is 2. The maximum Gasteiger partial charge on any atom is 0.158 e. The largest absolute Gasteiger partial charge is 0.460 e. The van der Waals surface area contributed by atoms with E-state index in [1.54, 1.807) is 9.80 Å². The van der Waals surface area contributed by atoms with Crippen molar-refractivity contribution in [2.45, 2.75) is 19.5 Å². The van der Waals surface area contributed by atoms with Gasteiger partial charge in [0.05, 0.1) is 0 Å². The first-order valence-corrected chi connectivity index (χ1v) is 9.63. The minimum Gasteiger partial charge on any atom is -0.460 e.